The van der Waals surface area contributed by atoms with Crippen molar-refractivity contribution < 1.29 is 9.21 Å². The number of fused-ring (bicyclic) bond motifs is 2. The van der Waals surface area contributed by atoms with E-state index in [1.165, 1.54) is 0 Å². The average Bonchev–Trinajstić information content (AvgIpc) is 2.95. The fraction of sp³-hybridized carbons (Fsp3) is 0.0556. The van der Waals surface area contributed by atoms with E-state index in [9.17, 15) is 4.79 Å². The summed E-state index contributed by atoms with van der Waals surface area (Å²) >= 11 is 0. The molecule has 0 aliphatic rings. The maximum Gasteiger partial charge on any atom is 0.256 e. The third-order valence-corrected chi connectivity index (χ3v) is 3.66. The van der Waals surface area contributed by atoms with E-state index in [0.717, 1.165) is 10.9 Å². The highest BCUT2D eigenvalue weighted by atomic mass is 16.3. The third-order valence-electron chi connectivity index (χ3n) is 3.66. The van der Waals surface area contributed by atoms with Gasteiger partial charge in [0.15, 0.2) is 11.5 Å². The zero-order valence-electron chi connectivity index (χ0n) is 12.4. The molecule has 0 unspecified atom stereocenters. The van der Waals surface area contributed by atoms with Gasteiger partial charge in [-0.25, -0.2) is 4.98 Å². The van der Waals surface area contributed by atoms with Crippen LogP contribution in [0.1, 0.15) is 16.2 Å². The number of oxazole rings is 1. The number of anilines is 1. The number of aromatic nitrogens is 2. The summed E-state index contributed by atoms with van der Waals surface area (Å²) in [6.07, 6.45) is 1.71. The van der Waals surface area contributed by atoms with Gasteiger partial charge in [0.1, 0.15) is 5.52 Å². The van der Waals surface area contributed by atoms with Crippen LogP contribution in [-0.4, -0.2) is 15.9 Å². The number of aryl methyl sites for hydroxylation is 1. The Balaban J connectivity index is 1.77. The van der Waals surface area contributed by atoms with Gasteiger partial charge >= 0.3 is 0 Å². The van der Waals surface area contributed by atoms with Crippen LogP contribution in [0.15, 0.2) is 59.1 Å². The highest BCUT2D eigenvalue weighted by Gasteiger charge is 2.14. The van der Waals surface area contributed by atoms with Crippen LogP contribution in [-0.2, 0) is 0 Å². The second-order valence-electron chi connectivity index (χ2n) is 5.21. The summed E-state index contributed by atoms with van der Waals surface area (Å²) in [4.78, 5) is 21.3. The molecule has 1 N–H and O–H groups in total. The predicted octanol–water partition coefficient (Wildman–Crippen LogP) is 3.94. The van der Waals surface area contributed by atoms with Crippen molar-refractivity contribution in [1.29, 1.82) is 0 Å². The molecule has 1 amide bonds. The van der Waals surface area contributed by atoms with E-state index in [1.54, 1.807) is 19.2 Å². The number of pyridine rings is 1. The van der Waals surface area contributed by atoms with E-state index in [2.05, 4.69) is 15.3 Å². The summed E-state index contributed by atoms with van der Waals surface area (Å²) in [5.41, 5.74) is 3.30. The van der Waals surface area contributed by atoms with E-state index >= 15 is 0 Å². The van der Waals surface area contributed by atoms with Gasteiger partial charge in [0, 0.05) is 24.1 Å². The Morgan fingerprint density at radius 2 is 1.96 bits per heavy atom. The van der Waals surface area contributed by atoms with Crippen LogP contribution in [0.5, 0.6) is 0 Å². The lowest BCUT2D eigenvalue weighted by atomic mass is 10.1. The predicted molar refractivity (Wildman–Crippen MR) is 88.4 cm³/mol. The van der Waals surface area contributed by atoms with Crippen LogP contribution in [0, 0.1) is 6.92 Å². The van der Waals surface area contributed by atoms with Crippen molar-refractivity contribution in [2.24, 2.45) is 0 Å². The number of rotatable bonds is 2. The number of carbonyl (C=O) groups excluding carboxylic acids is 1. The van der Waals surface area contributed by atoms with Gasteiger partial charge in [-0.15, -0.1) is 0 Å². The zero-order valence-corrected chi connectivity index (χ0v) is 12.4. The third kappa shape index (κ3) is 2.32. The Kier molecular flexibility index (Phi) is 3.05. The first kappa shape index (κ1) is 13.5. The minimum Gasteiger partial charge on any atom is -0.441 e. The van der Waals surface area contributed by atoms with Crippen molar-refractivity contribution in [3.8, 4) is 0 Å². The molecule has 23 heavy (non-hydrogen) atoms. The van der Waals surface area contributed by atoms with Gasteiger partial charge in [0.25, 0.3) is 5.91 Å². The molecule has 4 aromatic rings. The van der Waals surface area contributed by atoms with Crippen LogP contribution < -0.4 is 5.32 Å². The minimum absolute atomic E-state index is 0.197. The molecule has 2 heterocycles. The van der Waals surface area contributed by atoms with Gasteiger partial charge in [-0.05, 0) is 30.3 Å². The SMILES string of the molecule is Cc1nc2c(NC(=O)c3cccc4ncccc34)cccc2o1. The molecular formula is C18H13N3O2. The maximum atomic E-state index is 12.7. The molecule has 5 heteroatoms. The van der Waals surface area contributed by atoms with Crippen molar-refractivity contribution in [3.05, 3.63) is 66.2 Å². The molecule has 4 rings (SSSR count). The molecule has 0 radical (unpaired) electrons. The average molecular weight is 303 g/mol. The highest BCUT2D eigenvalue weighted by molar-refractivity contribution is 6.14. The first-order valence-corrected chi connectivity index (χ1v) is 7.23. The topological polar surface area (TPSA) is 68.0 Å². The standard InChI is InChI=1S/C18H13N3O2/c1-11-20-17-15(8-3-9-16(17)23-11)21-18(22)13-5-2-7-14-12(13)6-4-10-19-14/h2-10H,1H3,(H,21,22). The molecule has 2 aromatic heterocycles. The van der Waals surface area contributed by atoms with Crippen LogP contribution in [0.2, 0.25) is 0 Å². The molecule has 0 spiro atoms. The Labute approximate surface area is 132 Å². The van der Waals surface area contributed by atoms with Gasteiger partial charge in [-0.1, -0.05) is 18.2 Å². The molecule has 0 saturated heterocycles. The van der Waals surface area contributed by atoms with Gasteiger partial charge < -0.3 is 9.73 Å². The van der Waals surface area contributed by atoms with Crippen molar-refractivity contribution in [2.45, 2.75) is 6.92 Å². The fourth-order valence-electron chi connectivity index (χ4n) is 2.65. The Hall–Kier alpha value is -3.21. The number of nitrogens with one attached hydrogen (secondary N) is 1. The smallest absolute Gasteiger partial charge is 0.256 e. The molecule has 5 nitrogen and oxygen atoms in total. The normalized spacial score (nSPS) is 11.0. The first-order chi connectivity index (χ1) is 11.2. The Morgan fingerprint density at radius 3 is 2.87 bits per heavy atom. The summed E-state index contributed by atoms with van der Waals surface area (Å²) < 4.78 is 5.49. The quantitative estimate of drug-likeness (QED) is 0.609. The molecule has 2 aromatic carbocycles. The molecule has 112 valence electrons. The summed E-state index contributed by atoms with van der Waals surface area (Å²) in [5, 5.41) is 3.73. The van der Waals surface area contributed by atoms with Crippen LogP contribution in [0.3, 0.4) is 0 Å². The lowest BCUT2D eigenvalue weighted by Gasteiger charge is -2.08. The van der Waals surface area contributed by atoms with Crippen molar-refractivity contribution in [3.63, 3.8) is 0 Å². The van der Waals surface area contributed by atoms with Crippen molar-refractivity contribution >= 4 is 33.6 Å². The number of amides is 1. The van der Waals surface area contributed by atoms with Gasteiger partial charge in [0.2, 0.25) is 0 Å². The number of para-hydroxylation sites is 1. The Bertz CT molecular complexity index is 1030. The number of benzene rings is 2. The summed E-state index contributed by atoms with van der Waals surface area (Å²) in [6, 6.07) is 14.7. The fourth-order valence-corrected chi connectivity index (χ4v) is 2.65. The molecular weight excluding hydrogens is 290 g/mol. The zero-order chi connectivity index (χ0) is 15.8. The van der Waals surface area contributed by atoms with Crippen LogP contribution in [0.25, 0.3) is 22.0 Å². The summed E-state index contributed by atoms with van der Waals surface area (Å²) in [6.45, 7) is 1.78. The molecule has 0 bridgehead atoms. The van der Waals surface area contributed by atoms with E-state index in [-0.39, 0.29) is 5.91 Å². The van der Waals surface area contributed by atoms with E-state index in [0.29, 0.717) is 28.2 Å². The van der Waals surface area contributed by atoms with Crippen molar-refractivity contribution in [2.75, 3.05) is 5.32 Å². The van der Waals surface area contributed by atoms with Gasteiger partial charge in [-0.2, -0.15) is 0 Å². The highest BCUT2D eigenvalue weighted by Crippen LogP contribution is 2.25. The largest absolute Gasteiger partial charge is 0.441 e. The van der Waals surface area contributed by atoms with Gasteiger partial charge in [0.05, 0.1) is 11.2 Å². The minimum atomic E-state index is -0.197. The second-order valence-corrected chi connectivity index (χ2v) is 5.21. The van der Waals surface area contributed by atoms with E-state index in [1.807, 2.05) is 42.5 Å². The Morgan fingerprint density at radius 1 is 1.09 bits per heavy atom. The lowest BCUT2D eigenvalue weighted by molar-refractivity contribution is 0.102. The maximum absolute atomic E-state index is 12.7. The van der Waals surface area contributed by atoms with Gasteiger partial charge in [-0.3, -0.25) is 9.78 Å². The molecule has 0 atom stereocenters. The molecule has 0 aliphatic heterocycles. The number of hydrogen-bond donors (Lipinski definition) is 1. The van der Waals surface area contributed by atoms with Crippen LogP contribution in [0.4, 0.5) is 5.69 Å². The number of carbonyl (C=O) groups is 1. The van der Waals surface area contributed by atoms with Crippen molar-refractivity contribution in [1.82, 2.24) is 9.97 Å². The first-order valence-electron chi connectivity index (χ1n) is 7.23. The number of hydrogen-bond acceptors (Lipinski definition) is 4. The monoisotopic (exact) mass is 303 g/mol. The summed E-state index contributed by atoms with van der Waals surface area (Å²) in [5.74, 6) is 0.368. The molecule has 0 aliphatic carbocycles. The number of nitrogens with zero attached hydrogens (tertiary/aromatic N) is 2. The molecule has 0 fully saturated rings. The molecule has 0 saturated carbocycles. The van der Waals surface area contributed by atoms with E-state index in [4.69, 9.17) is 4.42 Å². The summed E-state index contributed by atoms with van der Waals surface area (Å²) in [7, 11) is 0. The van der Waals surface area contributed by atoms with E-state index < -0.39 is 0 Å². The second kappa shape index (κ2) is 5.21. The lowest BCUT2D eigenvalue weighted by Crippen LogP contribution is -2.12. The van der Waals surface area contributed by atoms with Crippen LogP contribution >= 0.6 is 0 Å².